The number of ketones is 1. The van der Waals surface area contributed by atoms with Crippen molar-refractivity contribution < 1.29 is 13.6 Å². The average molecular weight is 297 g/mol. The Labute approximate surface area is 126 Å². The summed E-state index contributed by atoms with van der Waals surface area (Å²) in [5, 5.41) is 0. The van der Waals surface area contributed by atoms with Gasteiger partial charge in [-0.1, -0.05) is 26.3 Å². The van der Waals surface area contributed by atoms with Gasteiger partial charge in [-0.25, -0.2) is 8.78 Å². The largest absolute Gasteiger partial charge is 0.300 e. The van der Waals surface area contributed by atoms with Crippen LogP contribution in [0.15, 0.2) is 18.2 Å². The Morgan fingerprint density at radius 1 is 1.24 bits per heavy atom. The molecule has 4 heteroatoms. The summed E-state index contributed by atoms with van der Waals surface area (Å²) in [4.78, 5) is 14.3. The van der Waals surface area contributed by atoms with Crippen molar-refractivity contribution >= 4 is 5.78 Å². The molecule has 0 spiro atoms. The Morgan fingerprint density at radius 3 is 2.57 bits per heavy atom. The summed E-state index contributed by atoms with van der Waals surface area (Å²) in [7, 11) is 0. The van der Waals surface area contributed by atoms with E-state index in [-0.39, 0.29) is 17.8 Å². The van der Waals surface area contributed by atoms with Crippen molar-refractivity contribution in [2.24, 2.45) is 0 Å². The number of Topliss-reactive ketones (excluding diaryl/α,β-unsaturated/α-hetero) is 1. The second-order valence-electron chi connectivity index (χ2n) is 5.42. The molecule has 118 valence electrons. The molecule has 1 rings (SSSR count). The predicted octanol–water partition coefficient (Wildman–Crippen LogP) is 4.44. The molecule has 1 unspecified atom stereocenters. The summed E-state index contributed by atoms with van der Waals surface area (Å²) in [6.45, 7) is 7.89. The number of carbonyl (C=O) groups is 1. The van der Waals surface area contributed by atoms with Crippen LogP contribution in [0, 0.1) is 11.6 Å². The van der Waals surface area contributed by atoms with Crippen LogP contribution in [-0.2, 0) is 0 Å². The van der Waals surface area contributed by atoms with Gasteiger partial charge in [-0.15, -0.1) is 0 Å². The molecule has 0 saturated heterocycles. The molecule has 0 amide bonds. The van der Waals surface area contributed by atoms with E-state index in [1.807, 2.05) is 0 Å². The Hall–Kier alpha value is -1.29. The van der Waals surface area contributed by atoms with Crippen molar-refractivity contribution in [2.75, 3.05) is 13.1 Å². The van der Waals surface area contributed by atoms with Gasteiger partial charge >= 0.3 is 0 Å². The van der Waals surface area contributed by atoms with E-state index in [2.05, 4.69) is 25.7 Å². The highest BCUT2D eigenvalue weighted by molar-refractivity contribution is 5.96. The van der Waals surface area contributed by atoms with E-state index in [4.69, 9.17) is 0 Å². The minimum Gasteiger partial charge on any atom is -0.300 e. The molecule has 0 fully saturated rings. The smallest absolute Gasteiger partial charge is 0.169 e. The molecule has 0 aromatic heterocycles. The van der Waals surface area contributed by atoms with Crippen molar-refractivity contribution in [3.63, 3.8) is 0 Å². The third kappa shape index (κ3) is 5.20. The number of carbonyl (C=O) groups excluding carboxylic acids is 1. The molecular weight excluding hydrogens is 272 g/mol. The Kier molecular flexibility index (Phi) is 7.51. The van der Waals surface area contributed by atoms with Crippen LogP contribution in [0.3, 0.4) is 0 Å². The summed E-state index contributed by atoms with van der Waals surface area (Å²) in [5.41, 5.74) is -0.144. The lowest BCUT2D eigenvalue weighted by molar-refractivity contribution is 0.0946. The first-order chi connectivity index (χ1) is 10.0. The maximum absolute atomic E-state index is 13.6. The monoisotopic (exact) mass is 297 g/mol. The van der Waals surface area contributed by atoms with Crippen LogP contribution < -0.4 is 0 Å². The summed E-state index contributed by atoms with van der Waals surface area (Å²) >= 11 is 0. The van der Waals surface area contributed by atoms with Gasteiger partial charge in [0.15, 0.2) is 17.4 Å². The molecule has 0 aliphatic heterocycles. The zero-order chi connectivity index (χ0) is 15.8. The van der Waals surface area contributed by atoms with Crippen molar-refractivity contribution in [3.8, 4) is 0 Å². The first-order valence-corrected chi connectivity index (χ1v) is 7.72. The van der Waals surface area contributed by atoms with Crippen LogP contribution in [-0.4, -0.2) is 29.8 Å². The Morgan fingerprint density at radius 2 is 1.95 bits per heavy atom. The maximum atomic E-state index is 13.6. The van der Waals surface area contributed by atoms with E-state index in [0.717, 1.165) is 31.9 Å². The number of rotatable bonds is 9. The van der Waals surface area contributed by atoms with Gasteiger partial charge in [0.1, 0.15) is 0 Å². The Bertz CT molecular complexity index is 462. The van der Waals surface area contributed by atoms with Crippen molar-refractivity contribution in [3.05, 3.63) is 35.4 Å². The summed E-state index contributed by atoms with van der Waals surface area (Å²) in [6, 6.07) is 4.13. The van der Waals surface area contributed by atoms with Crippen LogP contribution >= 0.6 is 0 Å². The van der Waals surface area contributed by atoms with Crippen LogP contribution in [0.2, 0.25) is 0 Å². The highest BCUT2D eigenvalue weighted by Crippen LogP contribution is 2.14. The molecule has 0 N–H and O–H groups in total. The van der Waals surface area contributed by atoms with E-state index >= 15 is 0 Å². The van der Waals surface area contributed by atoms with Crippen LogP contribution in [0.5, 0.6) is 0 Å². The second kappa shape index (κ2) is 8.88. The molecule has 0 heterocycles. The summed E-state index contributed by atoms with van der Waals surface area (Å²) in [6.07, 6.45) is 3.40. The average Bonchev–Trinajstić information content (AvgIpc) is 2.49. The van der Waals surface area contributed by atoms with Gasteiger partial charge in [0, 0.05) is 19.0 Å². The zero-order valence-corrected chi connectivity index (χ0v) is 13.2. The van der Waals surface area contributed by atoms with Gasteiger partial charge in [0.25, 0.3) is 0 Å². The number of nitrogens with zero attached hydrogens (tertiary/aromatic N) is 1. The molecule has 0 radical (unpaired) electrons. The van der Waals surface area contributed by atoms with Crippen molar-refractivity contribution in [1.82, 2.24) is 4.90 Å². The quantitative estimate of drug-likeness (QED) is 0.628. The highest BCUT2D eigenvalue weighted by Gasteiger charge is 2.17. The minimum atomic E-state index is -1.04. The SMILES string of the molecule is CCCCN(CCC(=O)c1cccc(F)c1F)C(C)CC. The fourth-order valence-electron chi connectivity index (χ4n) is 2.27. The lowest BCUT2D eigenvalue weighted by Crippen LogP contribution is -2.35. The number of benzene rings is 1. The molecule has 1 aromatic rings. The number of hydrogen-bond donors (Lipinski definition) is 0. The van der Waals surface area contributed by atoms with Gasteiger partial charge < -0.3 is 4.90 Å². The molecule has 0 aliphatic carbocycles. The van der Waals surface area contributed by atoms with E-state index in [9.17, 15) is 13.6 Å². The van der Waals surface area contributed by atoms with Crippen LogP contribution in [0.1, 0.15) is 56.8 Å². The van der Waals surface area contributed by atoms with Gasteiger partial charge in [-0.3, -0.25) is 4.79 Å². The van der Waals surface area contributed by atoms with Crippen LogP contribution in [0.25, 0.3) is 0 Å². The number of halogens is 2. The van der Waals surface area contributed by atoms with Crippen molar-refractivity contribution in [1.29, 1.82) is 0 Å². The fraction of sp³-hybridized carbons (Fsp3) is 0.588. The van der Waals surface area contributed by atoms with E-state index in [0.29, 0.717) is 12.6 Å². The van der Waals surface area contributed by atoms with Gasteiger partial charge in [-0.05, 0) is 38.4 Å². The van der Waals surface area contributed by atoms with Gasteiger partial charge in [-0.2, -0.15) is 0 Å². The zero-order valence-electron chi connectivity index (χ0n) is 13.2. The number of unbranched alkanes of at least 4 members (excludes halogenated alkanes) is 1. The lowest BCUT2D eigenvalue weighted by Gasteiger charge is -2.28. The number of hydrogen-bond acceptors (Lipinski definition) is 2. The Balaban J connectivity index is 2.66. The first kappa shape index (κ1) is 17.8. The first-order valence-electron chi connectivity index (χ1n) is 7.72. The standard InChI is InChI=1S/C17H25F2NO/c1-4-6-11-20(13(3)5-2)12-10-16(21)14-8-7-9-15(18)17(14)19/h7-9,13H,4-6,10-12H2,1-3H3. The summed E-state index contributed by atoms with van der Waals surface area (Å²) in [5.74, 6) is -2.34. The second-order valence-corrected chi connectivity index (χ2v) is 5.42. The predicted molar refractivity (Wildman–Crippen MR) is 81.5 cm³/mol. The molecule has 0 bridgehead atoms. The summed E-state index contributed by atoms with van der Waals surface area (Å²) < 4.78 is 26.7. The molecule has 0 saturated carbocycles. The van der Waals surface area contributed by atoms with Crippen LogP contribution in [0.4, 0.5) is 8.78 Å². The molecule has 21 heavy (non-hydrogen) atoms. The normalized spacial score (nSPS) is 12.7. The molecule has 2 nitrogen and oxygen atoms in total. The lowest BCUT2D eigenvalue weighted by atomic mass is 10.1. The van der Waals surface area contributed by atoms with Crippen molar-refractivity contribution in [2.45, 2.75) is 52.5 Å². The minimum absolute atomic E-state index is 0.144. The van der Waals surface area contributed by atoms with E-state index in [1.165, 1.54) is 12.1 Å². The fourth-order valence-corrected chi connectivity index (χ4v) is 2.27. The maximum Gasteiger partial charge on any atom is 0.169 e. The van der Waals surface area contributed by atoms with E-state index in [1.54, 1.807) is 0 Å². The van der Waals surface area contributed by atoms with E-state index < -0.39 is 11.6 Å². The van der Waals surface area contributed by atoms with Gasteiger partial charge in [0.05, 0.1) is 5.56 Å². The molecule has 0 aliphatic rings. The van der Waals surface area contributed by atoms with Gasteiger partial charge in [0.2, 0.25) is 0 Å². The third-order valence-electron chi connectivity index (χ3n) is 3.89. The molecule has 1 aromatic carbocycles. The third-order valence-corrected chi connectivity index (χ3v) is 3.89. The topological polar surface area (TPSA) is 20.3 Å². The molecular formula is C17H25F2NO. The molecule has 1 atom stereocenters. The highest BCUT2D eigenvalue weighted by atomic mass is 19.2.